The van der Waals surface area contributed by atoms with Gasteiger partial charge in [-0.05, 0) is 69.3 Å². The third-order valence-corrected chi connectivity index (χ3v) is 5.51. The Morgan fingerprint density at radius 3 is 2.42 bits per heavy atom. The summed E-state index contributed by atoms with van der Waals surface area (Å²) in [6.45, 7) is 0.0925. The maximum Gasteiger partial charge on any atom is 0.344 e. The van der Waals surface area contributed by atoms with Crippen LogP contribution in [0, 0.1) is 0 Å². The monoisotopic (exact) mass is 501 g/mol. The molecule has 0 saturated carbocycles. The second-order valence-electron chi connectivity index (χ2n) is 7.11. The molecule has 0 saturated heterocycles. The van der Waals surface area contributed by atoms with Gasteiger partial charge in [0.1, 0.15) is 5.75 Å². The number of hydrogen-bond donors (Lipinski definition) is 2. The summed E-state index contributed by atoms with van der Waals surface area (Å²) in [7, 11) is 0. The van der Waals surface area contributed by atoms with Crippen LogP contribution in [0.5, 0.6) is 5.75 Å². The zero-order valence-corrected chi connectivity index (χ0v) is 19.1. The lowest BCUT2D eigenvalue weighted by Crippen LogP contribution is -2.25. The van der Waals surface area contributed by atoms with Crippen LogP contribution in [0.15, 0.2) is 101 Å². The molecule has 2 N–H and O–H groups in total. The number of benzene rings is 4. The van der Waals surface area contributed by atoms with Gasteiger partial charge in [-0.25, -0.2) is 10.2 Å². The maximum atomic E-state index is 12.3. The van der Waals surface area contributed by atoms with Crippen LogP contribution >= 0.6 is 15.9 Å². The van der Waals surface area contributed by atoms with Crippen molar-refractivity contribution in [3.8, 4) is 5.75 Å². The first-order chi connectivity index (χ1) is 16.1. The number of amides is 1. The van der Waals surface area contributed by atoms with E-state index >= 15 is 0 Å². The molecule has 0 atom stereocenters. The predicted molar refractivity (Wildman–Crippen MR) is 134 cm³/mol. The van der Waals surface area contributed by atoms with Gasteiger partial charge in [-0.2, -0.15) is 5.10 Å². The minimum Gasteiger partial charge on any atom is -0.423 e. The zero-order valence-electron chi connectivity index (χ0n) is 17.5. The van der Waals surface area contributed by atoms with E-state index in [4.69, 9.17) is 4.74 Å². The Morgan fingerprint density at radius 1 is 0.879 bits per heavy atom. The van der Waals surface area contributed by atoms with E-state index in [0.29, 0.717) is 15.8 Å². The SMILES string of the molecule is O=C(CNc1cccc2ccccc12)NN=Cc1ccc(OC(=O)c2ccccc2Br)cc1. The molecular weight excluding hydrogens is 482 g/mol. The summed E-state index contributed by atoms with van der Waals surface area (Å²) in [6.07, 6.45) is 1.52. The first-order valence-electron chi connectivity index (χ1n) is 10.2. The normalized spacial score (nSPS) is 10.8. The summed E-state index contributed by atoms with van der Waals surface area (Å²) >= 11 is 3.34. The van der Waals surface area contributed by atoms with E-state index in [1.807, 2.05) is 48.5 Å². The Hall–Kier alpha value is -3.97. The van der Waals surface area contributed by atoms with Crippen LogP contribution in [0.25, 0.3) is 10.8 Å². The molecule has 0 spiro atoms. The van der Waals surface area contributed by atoms with Gasteiger partial charge in [0, 0.05) is 15.5 Å². The van der Waals surface area contributed by atoms with Crippen molar-refractivity contribution in [1.29, 1.82) is 0 Å². The summed E-state index contributed by atoms with van der Waals surface area (Å²) < 4.78 is 6.06. The number of hydrogen-bond acceptors (Lipinski definition) is 5. The number of ether oxygens (including phenoxy) is 1. The van der Waals surface area contributed by atoms with Gasteiger partial charge in [-0.1, -0.05) is 48.5 Å². The Kier molecular flexibility index (Phi) is 7.12. The average molecular weight is 502 g/mol. The largest absolute Gasteiger partial charge is 0.423 e. The minimum absolute atomic E-state index is 0.0925. The fourth-order valence-electron chi connectivity index (χ4n) is 3.18. The highest BCUT2D eigenvalue weighted by Gasteiger charge is 2.11. The molecule has 4 rings (SSSR count). The van der Waals surface area contributed by atoms with Gasteiger partial charge in [0.25, 0.3) is 5.91 Å². The summed E-state index contributed by atoms with van der Waals surface area (Å²) in [5.74, 6) is -0.302. The lowest BCUT2D eigenvalue weighted by atomic mass is 10.1. The topological polar surface area (TPSA) is 79.8 Å². The van der Waals surface area contributed by atoms with E-state index in [2.05, 4.69) is 31.8 Å². The second kappa shape index (κ2) is 10.6. The van der Waals surface area contributed by atoms with E-state index in [9.17, 15) is 9.59 Å². The van der Waals surface area contributed by atoms with Gasteiger partial charge in [0.05, 0.1) is 18.3 Å². The summed E-state index contributed by atoms with van der Waals surface area (Å²) in [6, 6.07) is 27.8. The zero-order chi connectivity index (χ0) is 23.0. The number of nitrogens with one attached hydrogen (secondary N) is 2. The molecule has 6 nitrogen and oxygen atoms in total. The van der Waals surface area contributed by atoms with Crippen molar-refractivity contribution in [1.82, 2.24) is 5.43 Å². The number of halogens is 1. The molecule has 0 unspecified atom stereocenters. The van der Waals surface area contributed by atoms with Gasteiger partial charge in [-0.15, -0.1) is 0 Å². The van der Waals surface area contributed by atoms with Crippen molar-refractivity contribution in [2.24, 2.45) is 5.10 Å². The third-order valence-electron chi connectivity index (χ3n) is 4.82. The number of anilines is 1. The standard InChI is InChI=1S/C26H20BrN3O3/c27-23-10-4-3-9-22(23)26(32)33-20-14-12-18(13-15-20)16-29-30-25(31)17-28-24-11-5-7-19-6-1-2-8-21(19)24/h1-16,28H,17H2,(H,30,31). The van der Waals surface area contributed by atoms with Crippen molar-refractivity contribution in [2.45, 2.75) is 0 Å². The molecule has 0 aliphatic rings. The minimum atomic E-state index is -0.449. The lowest BCUT2D eigenvalue weighted by molar-refractivity contribution is -0.119. The second-order valence-corrected chi connectivity index (χ2v) is 7.97. The molecule has 0 bridgehead atoms. The summed E-state index contributed by atoms with van der Waals surface area (Å²) in [5, 5.41) is 9.28. The first kappa shape index (κ1) is 22.2. The van der Waals surface area contributed by atoms with Crippen LogP contribution in [0.4, 0.5) is 5.69 Å². The summed E-state index contributed by atoms with van der Waals surface area (Å²) in [4.78, 5) is 24.4. The molecule has 164 valence electrons. The average Bonchev–Trinajstić information content (AvgIpc) is 2.84. The fraction of sp³-hybridized carbons (Fsp3) is 0.0385. The number of nitrogens with zero attached hydrogens (tertiary/aromatic N) is 1. The van der Waals surface area contributed by atoms with Crippen molar-refractivity contribution in [3.05, 3.63) is 107 Å². The number of esters is 1. The number of carbonyl (C=O) groups is 2. The van der Waals surface area contributed by atoms with Crippen LogP contribution in [-0.2, 0) is 4.79 Å². The number of fused-ring (bicyclic) bond motifs is 1. The van der Waals surface area contributed by atoms with E-state index in [1.54, 1.807) is 42.5 Å². The molecule has 0 aliphatic heterocycles. The first-order valence-corrected chi connectivity index (χ1v) is 11.0. The smallest absolute Gasteiger partial charge is 0.344 e. The molecule has 7 heteroatoms. The Morgan fingerprint density at radius 2 is 1.61 bits per heavy atom. The van der Waals surface area contributed by atoms with Crippen LogP contribution in [0.1, 0.15) is 15.9 Å². The molecule has 0 radical (unpaired) electrons. The van der Waals surface area contributed by atoms with Crippen molar-refractivity contribution < 1.29 is 14.3 Å². The van der Waals surface area contributed by atoms with Gasteiger partial charge in [-0.3, -0.25) is 4.79 Å². The van der Waals surface area contributed by atoms with E-state index in [-0.39, 0.29) is 12.5 Å². The van der Waals surface area contributed by atoms with Gasteiger partial charge >= 0.3 is 5.97 Å². The molecule has 1 amide bonds. The molecule has 4 aromatic carbocycles. The number of rotatable bonds is 7. The summed E-state index contributed by atoms with van der Waals surface area (Å²) in [5.41, 5.74) is 4.59. The predicted octanol–water partition coefficient (Wildman–Crippen LogP) is 5.38. The lowest BCUT2D eigenvalue weighted by Gasteiger charge is -2.08. The Labute approximate surface area is 199 Å². The van der Waals surface area contributed by atoms with Crippen molar-refractivity contribution in [3.63, 3.8) is 0 Å². The Balaban J connectivity index is 1.28. The number of carbonyl (C=O) groups excluding carboxylic acids is 2. The molecular formula is C26H20BrN3O3. The molecule has 0 aliphatic carbocycles. The van der Waals surface area contributed by atoms with Gasteiger partial charge in [0.15, 0.2) is 0 Å². The molecule has 33 heavy (non-hydrogen) atoms. The van der Waals surface area contributed by atoms with Gasteiger partial charge in [0.2, 0.25) is 0 Å². The maximum absolute atomic E-state index is 12.3. The fourth-order valence-corrected chi connectivity index (χ4v) is 3.63. The van der Waals surface area contributed by atoms with Gasteiger partial charge < -0.3 is 10.1 Å². The van der Waals surface area contributed by atoms with Crippen LogP contribution in [0.3, 0.4) is 0 Å². The molecule has 0 fully saturated rings. The molecule has 0 heterocycles. The van der Waals surface area contributed by atoms with Crippen LogP contribution in [0.2, 0.25) is 0 Å². The van der Waals surface area contributed by atoms with Crippen molar-refractivity contribution in [2.75, 3.05) is 11.9 Å². The highest BCUT2D eigenvalue weighted by molar-refractivity contribution is 9.10. The van der Waals surface area contributed by atoms with E-state index in [1.165, 1.54) is 6.21 Å². The highest BCUT2D eigenvalue weighted by Crippen LogP contribution is 2.22. The van der Waals surface area contributed by atoms with E-state index < -0.39 is 5.97 Å². The molecule has 0 aromatic heterocycles. The third kappa shape index (κ3) is 5.84. The Bertz CT molecular complexity index is 1310. The number of hydrazone groups is 1. The van der Waals surface area contributed by atoms with Crippen LogP contribution < -0.4 is 15.5 Å². The quantitative estimate of drug-likeness (QED) is 0.154. The highest BCUT2D eigenvalue weighted by atomic mass is 79.9. The van der Waals surface area contributed by atoms with E-state index in [0.717, 1.165) is 22.0 Å². The van der Waals surface area contributed by atoms with Crippen molar-refractivity contribution >= 4 is 50.5 Å². The molecule has 4 aromatic rings. The van der Waals surface area contributed by atoms with Crippen LogP contribution in [-0.4, -0.2) is 24.6 Å².